The monoisotopic (exact) mass is 353 g/mol. The Balaban J connectivity index is 2.32. The average Bonchev–Trinajstić information content (AvgIpc) is 2.66. The van der Waals surface area contributed by atoms with Gasteiger partial charge in [-0.05, 0) is 30.2 Å². The third-order valence-electron chi connectivity index (χ3n) is 3.70. The Morgan fingerprint density at radius 2 is 1.86 bits per heavy atom. The maximum Gasteiger partial charge on any atom is 0.307 e. The number of carboxylic acid groups (broad SMARTS) is 1. The molecule has 1 aromatic rings. The van der Waals surface area contributed by atoms with Crippen LogP contribution in [0.2, 0.25) is 0 Å². The van der Waals surface area contributed by atoms with Crippen molar-refractivity contribution in [2.24, 2.45) is 17.8 Å². The van der Waals surface area contributed by atoms with Gasteiger partial charge in [-0.1, -0.05) is 29.8 Å². The SMILES string of the molecule is CC(C)[C@H](C(=O)O)[C@H]1CC(=O)N(c2ccc(Br)cc2)C1=O. The van der Waals surface area contributed by atoms with E-state index in [2.05, 4.69) is 15.9 Å². The molecule has 0 bridgehead atoms. The number of nitrogens with zero attached hydrogens (tertiary/aromatic N) is 1. The summed E-state index contributed by atoms with van der Waals surface area (Å²) >= 11 is 3.29. The number of carbonyl (C=O) groups is 3. The number of carboxylic acids is 1. The minimum atomic E-state index is -1.03. The Labute approximate surface area is 131 Å². The van der Waals surface area contributed by atoms with Crippen LogP contribution in [0, 0.1) is 17.8 Å². The van der Waals surface area contributed by atoms with Crippen LogP contribution in [-0.4, -0.2) is 22.9 Å². The second kappa shape index (κ2) is 5.97. The maximum atomic E-state index is 12.5. The molecule has 1 aromatic carbocycles. The molecule has 0 radical (unpaired) electrons. The molecule has 1 heterocycles. The van der Waals surface area contributed by atoms with Crippen molar-refractivity contribution < 1.29 is 19.5 Å². The molecular weight excluding hydrogens is 338 g/mol. The van der Waals surface area contributed by atoms with Crippen molar-refractivity contribution in [3.8, 4) is 0 Å². The van der Waals surface area contributed by atoms with Crippen molar-refractivity contribution in [2.45, 2.75) is 20.3 Å². The molecule has 1 aliphatic rings. The van der Waals surface area contributed by atoms with Crippen LogP contribution >= 0.6 is 15.9 Å². The Hall–Kier alpha value is -1.69. The van der Waals surface area contributed by atoms with Crippen LogP contribution in [-0.2, 0) is 14.4 Å². The summed E-state index contributed by atoms with van der Waals surface area (Å²) in [6, 6.07) is 6.79. The van der Waals surface area contributed by atoms with Crippen molar-refractivity contribution in [1.82, 2.24) is 0 Å². The fourth-order valence-electron chi connectivity index (χ4n) is 2.72. The summed E-state index contributed by atoms with van der Waals surface area (Å²) in [4.78, 5) is 37.1. The summed E-state index contributed by atoms with van der Waals surface area (Å²) in [5, 5.41) is 9.31. The molecule has 6 heteroatoms. The second-order valence-electron chi connectivity index (χ2n) is 5.46. The van der Waals surface area contributed by atoms with Crippen LogP contribution in [0.1, 0.15) is 20.3 Å². The molecule has 1 fully saturated rings. The predicted molar refractivity (Wildman–Crippen MR) is 80.7 cm³/mol. The predicted octanol–water partition coefficient (Wildman–Crippen LogP) is 2.69. The number of anilines is 1. The molecule has 1 saturated heterocycles. The van der Waals surface area contributed by atoms with Crippen LogP contribution in [0.4, 0.5) is 5.69 Å². The Kier molecular flexibility index (Phi) is 4.46. The van der Waals surface area contributed by atoms with Gasteiger partial charge in [0.25, 0.3) is 0 Å². The van der Waals surface area contributed by atoms with Gasteiger partial charge in [0.15, 0.2) is 0 Å². The van der Waals surface area contributed by atoms with E-state index in [9.17, 15) is 19.5 Å². The number of imide groups is 1. The topological polar surface area (TPSA) is 74.7 Å². The molecule has 0 spiro atoms. The van der Waals surface area contributed by atoms with Crippen LogP contribution in [0.5, 0.6) is 0 Å². The van der Waals surface area contributed by atoms with E-state index in [4.69, 9.17) is 0 Å². The average molecular weight is 354 g/mol. The van der Waals surface area contributed by atoms with Crippen molar-refractivity contribution in [3.05, 3.63) is 28.7 Å². The molecule has 2 amide bonds. The second-order valence-corrected chi connectivity index (χ2v) is 6.38. The first-order valence-electron chi connectivity index (χ1n) is 6.68. The highest BCUT2D eigenvalue weighted by Gasteiger charge is 2.47. The Morgan fingerprint density at radius 1 is 1.29 bits per heavy atom. The molecule has 2 atom stereocenters. The lowest BCUT2D eigenvalue weighted by Crippen LogP contribution is -2.36. The highest BCUT2D eigenvalue weighted by atomic mass is 79.9. The van der Waals surface area contributed by atoms with Gasteiger partial charge in [-0.3, -0.25) is 19.3 Å². The smallest absolute Gasteiger partial charge is 0.307 e. The van der Waals surface area contributed by atoms with E-state index in [1.807, 2.05) is 0 Å². The number of benzene rings is 1. The molecule has 5 nitrogen and oxygen atoms in total. The molecule has 2 rings (SSSR count). The Bertz CT molecular complexity index is 582. The summed E-state index contributed by atoms with van der Waals surface area (Å²) in [5.41, 5.74) is 0.476. The van der Waals surface area contributed by atoms with Crippen molar-refractivity contribution in [2.75, 3.05) is 4.90 Å². The number of carbonyl (C=O) groups excluding carboxylic acids is 2. The van der Waals surface area contributed by atoms with Gasteiger partial charge < -0.3 is 5.11 Å². The molecular formula is C15H16BrNO4. The summed E-state index contributed by atoms with van der Waals surface area (Å²) in [6.45, 7) is 3.50. The summed E-state index contributed by atoms with van der Waals surface area (Å²) in [5.74, 6) is -3.66. The minimum absolute atomic E-state index is 0.0515. The normalized spacial score (nSPS) is 20.2. The van der Waals surface area contributed by atoms with Gasteiger partial charge in [-0.15, -0.1) is 0 Å². The van der Waals surface area contributed by atoms with E-state index in [0.717, 1.165) is 9.37 Å². The van der Waals surface area contributed by atoms with E-state index in [1.165, 1.54) is 0 Å². The fourth-order valence-corrected chi connectivity index (χ4v) is 2.98. The molecule has 0 saturated carbocycles. The summed E-state index contributed by atoms with van der Waals surface area (Å²) in [7, 11) is 0. The Morgan fingerprint density at radius 3 is 2.33 bits per heavy atom. The van der Waals surface area contributed by atoms with Gasteiger partial charge in [-0.25, -0.2) is 0 Å². The number of halogens is 1. The standard InChI is InChI=1S/C15H16BrNO4/c1-8(2)13(15(20)21)11-7-12(18)17(14(11)19)10-5-3-9(16)4-6-10/h3-6,8,11,13H,7H2,1-2H3,(H,20,21)/t11-,13+/m1/s1. The molecule has 1 aliphatic heterocycles. The van der Waals surface area contributed by atoms with Crippen LogP contribution in [0.25, 0.3) is 0 Å². The van der Waals surface area contributed by atoms with Gasteiger partial charge in [0.2, 0.25) is 11.8 Å². The van der Waals surface area contributed by atoms with Crippen molar-refractivity contribution in [3.63, 3.8) is 0 Å². The highest BCUT2D eigenvalue weighted by molar-refractivity contribution is 9.10. The van der Waals surface area contributed by atoms with Gasteiger partial charge in [0.05, 0.1) is 17.5 Å². The first-order chi connectivity index (χ1) is 9.82. The number of aliphatic carboxylic acids is 1. The van der Waals surface area contributed by atoms with Gasteiger partial charge in [0.1, 0.15) is 0 Å². The van der Waals surface area contributed by atoms with Gasteiger partial charge in [0, 0.05) is 10.9 Å². The molecule has 0 aliphatic carbocycles. The summed E-state index contributed by atoms with van der Waals surface area (Å²) < 4.78 is 0.840. The lowest BCUT2D eigenvalue weighted by Gasteiger charge is -2.21. The molecule has 0 unspecified atom stereocenters. The zero-order valence-corrected chi connectivity index (χ0v) is 13.3. The third kappa shape index (κ3) is 3.00. The summed E-state index contributed by atoms with van der Waals surface area (Å²) in [6.07, 6.45) is -0.0515. The largest absolute Gasteiger partial charge is 0.481 e. The maximum absolute atomic E-state index is 12.5. The lowest BCUT2D eigenvalue weighted by atomic mass is 9.82. The number of hydrogen-bond acceptors (Lipinski definition) is 3. The molecule has 112 valence electrons. The quantitative estimate of drug-likeness (QED) is 0.844. The van der Waals surface area contributed by atoms with Crippen molar-refractivity contribution in [1.29, 1.82) is 0 Å². The zero-order chi connectivity index (χ0) is 15.7. The third-order valence-corrected chi connectivity index (χ3v) is 4.23. The van der Waals surface area contributed by atoms with E-state index >= 15 is 0 Å². The van der Waals surface area contributed by atoms with Gasteiger partial charge in [-0.2, -0.15) is 0 Å². The van der Waals surface area contributed by atoms with Crippen LogP contribution in [0.15, 0.2) is 28.7 Å². The molecule has 21 heavy (non-hydrogen) atoms. The first kappa shape index (κ1) is 15.7. The van der Waals surface area contributed by atoms with Crippen molar-refractivity contribution >= 4 is 39.4 Å². The molecule has 1 N–H and O–H groups in total. The lowest BCUT2D eigenvalue weighted by molar-refractivity contribution is -0.148. The number of hydrogen-bond donors (Lipinski definition) is 1. The fraction of sp³-hybridized carbons (Fsp3) is 0.400. The van der Waals surface area contributed by atoms with E-state index in [1.54, 1.807) is 38.1 Å². The highest BCUT2D eigenvalue weighted by Crippen LogP contribution is 2.34. The number of rotatable bonds is 4. The first-order valence-corrected chi connectivity index (χ1v) is 7.47. The van der Waals surface area contributed by atoms with E-state index in [-0.39, 0.29) is 18.2 Å². The minimum Gasteiger partial charge on any atom is -0.481 e. The zero-order valence-electron chi connectivity index (χ0n) is 11.7. The van der Waals surface area contributed by atoms with E-state index in [0.29, 0.717) is 5.69 Å². The van der Waals surface area contributed by atoms with Crippen LogP contribution < -0.4 is 4.90 Å². The van der Waals surface area contributed by atoms with Gasteiger partial charge >= 0.3 is 5.97 Å². The van der Waals surface area contributed by atoms with E-state index < -0.39 is 23.7 Å². The van der Waals surface area contributed by atoms with Crippen LogP contribution in [0.3, 0.4) is 0 Å². The molecule has 0 aromatic heterocycles. The number of amides is 2.